The molecule has 3 nitrogen and oxygen atoms in total. The number of carbonyl (C=O) groups excluding carboxylic acids is 1. The molecular weight excluding hydrogens is 324 g/mol. The van der Waals surface area contributed by atoms with E-state index < -0.39 is 0 Å². The molecule has 0 saturated heterocycles. The van der Waals surface area contributed by atoms with E-state index in [4.69, 9.17) is 4.74 Å². The van der Waals surface area contributed by atoms with E-state index in [9.17, 15) is 9.90 Å². The van der Waals surface area contributed by atoms with Crippen molar-refractivity contribution in [2.45, 2.75) is 84.0 Å². The molecular formula is C23H36O3. The van der Waals surface area contributed by atoms with Gasteiger partial charge in [-0.05, 0) is 49.9 Å². The van der Waals surface area contributed by atoms with Crippen molar-refractivity contribution in [1.82, 2.24) is 0 Å². The summed E-state index contributed by atoms with van der Waals surface area (Å²) in [5.41, 5.74) is 0.476. The molecule has 0 spiro atoms. The number of ether oxygens (including phenoxy) is 1. The quantitative estimate of drug-likeness (QED) is 0.212. The van der Waals surface area contributed by atoms with Gasteiger partial charge in [0, 0.05) is 0 Å². The SMILES string of the molecule is CCCCCCCCCCC/C=C/CCCOC(=O)c1ccc(O)cc1. The van der Waals surface area contributed by atoms with Crippen LogP contribution in [0.1, 0.15) is 94.3 Å². The second kappa shape index (κ2) is 15.5. The van der Waals surface area contributed by atoms with E-state index in [-0.39, 0.29) is 11.7 Å². The molecule has 0 bridgehead atoms. The maximum Gasteiger partial charge on any atom is 0.338 e. The maximum atomic E-state index is 11.8. The number of hydrogen-bond acceptors (Lipinski definition) is 3. The van der Waals surface area contributed by atoms with Crippen LogP contribution in [0.25, 0.3) is 0 Å². The number of rotatable bonds is 15. The van der Waals surface area contributed by atoms with Gasteiger partial charge in [0.25, 0.3) is 0 Å². The summed E-state index contributed by atoms with van der Waals surface area (Å²) in [5, 5.41) is 9.20. The summed E-state index contributed by atoms with van der Waals surface area (Å²) < 4.78 is 5.22. The lowest BCUT2D eigenvalue weighted by Crippen LogP contribution is -2.05. The van der Waals surface area contributed by atoms with E-state index in [1.807, 2.05) is 0 Å². The Hall–Kier alpha value is -1.77. The molecule has 1 aromatic carbocycles. The fourth-order valence-corrected chi connectivity index (χ4v) is 2.86. The summed E-state index contributed by atoms with van der Waals surface area (Å²) in [4.78, 5) is 11.8. The predicted octanol–water partition coefficient (Wildman–Crippen LogP) is 6.81. The Labute approximate surface area is 159 Å². The van der Waals surface area contributed by atoms with E-state index in [2.05, 4.69) is 19.1 Å². The van der Waals surface area contributed by atoms with Crippen LogP contribution >= 0.6 is 0 Å². The first-order chi connectivity index (χ1) is 12.7. The summed E-state index contributed by atoms with van der Waals surface area (Å²) >= 11 is 0. The number of benzene rings is 1. The van der Waals surface area contributed by atoms with Crippen molar-refractivity contribution in [3.63, 3.8) is 0 Å². The highest BCUT2D eigenvalue weighted by atomic mass is 16.5. The summed E-state index contributed by atoms with van der Waals surface area (Å²) in [5.74, 6) is -0.178. The fourth-order valence-electron chi connectivity index (χ4n) is 2.86. The Bertz CT molecular complexity index is 491. The van der Waals surface area contributed by atoms with Crippen LogP contribution in [-0.4, -0.2) is 17.7 Å². The smallest absolute Gasteiger partial charge is 0.338 e. The van der Waals surface area contributed by atoms with Crippen molar-refractivity contribution in [2.75, 3.05) is 6.61 Å². The van der Waals surface area contributed by atoms with Gasteiger partial charge in [0.05, 0.1) is 12.2 Å². The summed E-state index contributed by atoms with van der Waals surface area (Å²) in [6, 6.07) is 6.13. The van der Waals surface area contributed by atoms with Gasteiger partial charge in [-0.2, -0.15) is 0 Å². The number of unbranched alkanes of at least 4 members (excludes halogenated alkanes) is 10. The second-order valence-corrected chi connectivity index (χ2v) is 6.91. The van der Waals surface area contributed by atoms with Crippen molar-refractivity contribution >= 4 is 5.97 Å². The van der Waals surface area contributed by atoms with Crippen LogP contribution < -0.4 is 0 Å². The van der Waals surface area contributed by atoms with E-state index in [1.165, 1.54) is 69.9 Å². The molecule has 0 heterocycles. The van der Waals surface area contributed by atoms with Gasteiger partial charge in [-0.15, -0.1) is 0 Å². The molecule has 1 rings (SSSR count). The Morgan fingerprint density at radius 3 is 2.00 bits per heavy atom. The Kier molecular flexibility index (Phi) is 13.3. The van der Waals surface area contributed by atoms with Gasteiger partial charge in [0.1, 0.15) is 5.75 Å². The molecule has 1 aromatic rings. The highest BCUT2D eigenvalue weighted by Crippen LogP contribution is 2.12. The van der Waals surface area contributed by atoms with Gasteiger partial charge in [0.2, 0.25) is 0 Å². The summed E-state index contributed by atoms with van der Waals surface area (Å²) in [7, 11) is 0. The Morgan fingerprint density at radius 1 is 0.846 bits per heavy atom. The molecule has 3 heteroatoms. The molecule has 0 amide bonds. The zero-order chi connectivity index (χ0) is 18.9. The molecule has 0 aliphatic carbocycles. The summed E-state index contributed by atoms with van der Waals surface area (Å²) in [6.07, 6.45) is 19.7. The zero-order valence-electron chi connectivity index (χ0n) is 16.4. The molecule has 0 unspecified atom stereocenters. The Morgan fingerprint density at radius 2 is 1.38 bits per heavy atom. The lowest BCUT2D eigenvalue weighted by atomic mass is 10.1. The zero-order valence-corrected chi connectivity index (χ0v) is 16.4. The van der Waals surface area contributed by atoms with Crippen molar-refractivity contribution in [1.29, 1.82) is 0 Å². The van der Waals surface area contributed by atoms with Crippen LogP contribution in [0.4, 0.5) is 0 Å². The van der Waals surface area contributed by atoms with Crippen LogP contribution in [0.3, 0.4) is 0 Å². The van der Waals surface area contributed by atoms with E-state index >= 15 is 0 Å². The molecule has 1 N–H and O–H groups in total. The first-order valence-electron chi connectivity index (χ1n) is 10.3. The number of hydrogen-bond donors (Lipinski definition) is 1. The average molecular weight is 361 g/mol. The fraction of sp³-hybridized carbons (Fsp3) is 0.609. The van der Waals surface area contributed by atoms with E-state index in [0.29, 0.717) is 12.2 Å². The van der Waals surface area contributed by atoms with Gasteiger partial charge >= 0.3 is 5.97 Å². The van der Waals surface area contributed by atoms with Gasteiger partial charge < -0.3 is 9.84 Å². The molecule has 0 aromatic heterocycles. The summed E-state index contributed by atoms with van der Waals surface area (Å²) in [6.45, 7) is 2.69. The van der Waals surface area contributed by atoms with Crippen LogP contribution in [-0.2, 0) is 4.74 Å². The van der Waals surface area contributed by atoms with Crippen molar-refractivity contribution in [3.05, 3.63) is 42.0 Å². The third-order valence-corrected chi connectivity index (χ3v) is 4.49. The first-order valence-corrected chi connectivity index (χ1v) is 10.3. The highest BCUT2D eigenvalue weighted by molar-refractivity contribution is 5.89. The standard InChI is InChI=1S/C23H36O3/c1-2-3-4-5-6-7-8-9-10-11-12-13-14-15-20-26-23(25)21-16-18-22(24)19-17-21/h12-13,16-19,24H,2-11,14-15,20H2,1H3/b13-12+. The highest BCUT2D eigenvalue weighted by Gasteiger charge is 2.05. The van der Waals surface area contributed by atoms with E-state index in [1.54, 1.807) is 12.1 Å². The van der Waals surface area contributed by atoms with E-state index in [0.717, 1.165) is 19.3 Å². The molecule has 146 valence electrons. The largest absolute Gasteiger partial charge is 0.508 e. The van der Waals surface area contributed by atoms with Crippen molar-refractivity contribution in [3.8, 4) is 5.75 Å². The number of phenolic OH excluding ortho intramolecular Hbond substituents is 1. The monoisotopic (exact) mass is 360 g/mol. The van der Waals surface area contributed by atoms with Gasteiger partial charge in [0.15, 0.2) is 0 Å². The molecule has 0 radical (unpaired) electrons. The maximum absolute atomic E-state index is 11.8. The lowest BCUT2D eigenvalue weighted by Gasteiger charge is -2.03. The van der Waals surface area contributed by atoms with Crippen molar-refractivity contribution in [2.24, 2.45) is 0 Å². The number of esters is 1. The normalized spacial score (nSPS) is 11.1. The minimum Gasteiger partial charge on any atom is -0.508 e. The minimum absolute atomic E-state index is 0.152. The van der Waals surface area contributed by atoms with Crippen molar-refractivity contribution < 1.29 is 14.6 Å². The molecule has 0 atom stereocenters. The lowest BCUT2D eigenvalue weighted by molar-refractivity contribution is 0.0501. The molecule has 26 heavy (non-hydrogen) atoms. The third kappa shape index (κ3) is 11.7. The topological polar surface area (TPSA) is 46.5 Å². The first kappa shape index (κ1) is 22.3. The number of carbonyl (C=O) groups is 1. The molecule has 0 aliphatic heterocycles. The number of aromatic hydroxyl groups is 1. The molecule has 0 fully saturated rings. The number of allylic oxidation sites excluding steroid dienone is 2. The van der Waals surface area contributed by atoms with Gasteiger partial charge in [-0.25, -0.2) is 4.79 Å². The number of phenols is 1. The van der Waals surface area contributed by atoms with Crippen LogP contribution in [0.15, 0.2) is 36.4 Å². The van der Waals surface area contributed by atoms with Gasteiger partial charge in [-0.3, -0.25) is 0 Å². The predicted molar refractivity (Wildman–Crippen MR) is 109 cm³/mol. The van der Waals surface area contributed by atoms with Crippen LogP contribution in [0, 0.1) is 0 Å². The van der Waals surface area contributed by atoms with Crippen LogP contribution in [0.2, 0.25) is 0 Å². The Balaban J connectivity index is 1.89. The molecule has 0 aliphatic rings. The van der Waals surface area contributed by atoms with Crippen LogP contribution in [0.5, 0.6) is 5.75 Å². The molecule has 0 saturated carbocycles. The van der Waals surface area contributed by atoms with Gasteiger partial charge in [-0.1, -0.05) is 70.4 Å². The third-order valence-electron chi connectivity index (χ3n) is 4.49. The second-order valence-electron chi connectivity index (χ2n) is 6.91. The average Bonchev–Trinajstić information content (AvgIpc) is 2.65. The minimum atomic E-state index is -0.330.